The molecule has 0 amide bonds. The maximum Gasteiger partial charge on any atom is 0.169 e. The standard InChI is InChI=1S/C9H18N8/c1-16-2-4-17(5-3-16)15-9-7(10)8(14-11)12-6-13-9/h6H,2-5,10-11H2,1H3,(H2,12,13,14,15). The highest BCUT2D eigenvalue weighted by Gasteiger charge is 2.15. The van der Waals surface area contributed by atoms with Crippen LogP contribution in [0.2, 0.25) is 0 Å². The van der Waals surface area contributed by atoms with Crippen LogP contribution in [0.25, 0.3) is 0 Å². The molecule has 1 aromatic rings. The predicted octanol–water partition coefficient (Wildman–Crippen LogP) is -1.08. The molecule has 0 aliphatic carbocycles. The summed E-state index contributed by atoms with van der Waals surface area (Å²) in [5.74, 6) is 6.31. The Balaban J connectivity index is 2.03. The average Bonchev–Trinajstić information content (AvgIpc) is 2.35. The number of aromatic nitrogens is 2. The van der Waals surface area contributed by atoms with Gasteiger partial charge in [-0.15, -0.1) is 0 Å². The van der Waals surface area contributed by atoms with Gasteiger partial charge in [-0.2, -0.15) is 0 Å². The second-order valence-corrected chi connectivity index (χ2v) is 4.03. The molecule has 0 bridgehead atoms. The van der Waals surface area contributed by atoms with E-state index in [2.05, 4.69) is 37.8 Å². The van der Waals surface area contributed by atoms with Crippen molar-refractivity contribution in [1.82, 2.24) is 19.9 Å². The van der Waals surface area contributed by atoms with E-state index in [0.29, 0.717) is 17.3 Å². The number of nitrogens with one attached hydrogen (secondary N) is 2. The Labute approximate surface area is 99.9 Å². The van der Waals surface area contributed by atoms with E-state index in [4.69, 9.17) is 11.6 Å². The van der Waals surface area contributed by atoms with E-state index in [1.807, 2.05) is 0 Å². The summed E-state index contributed by atoms with van der Waals surface area (Å²) in [6, 6.07) is 0. The minimum absolute atomic E-state index is 0.425. The van der Waals surface area contributed by atoms with Crippen molar-refractivity contribution < 1.29 is 0 Å². The lowest BCUT2D eigenvalue weighted by molar-refractivity contribution is 0.178. The van der Waals surface area contributed by atoms with Gasteiger partial charge >= 0.3 is 0 Å². The summed E-state index contributed by atoms with van der Waals surface area (Å²) < 4.78 is 0. The van der Waals surface area contributed by atoms with Crippen molar-refractivity contribution in [1.29, 1.82) is 0 Å². The SMILES string of the molecule is CN1CCN(Nc2ncnc(NN)c2N)CC1. The maximum absolute atomic E-state index is 5.87. The molecule has 0 radical (unpaired) electrons. The van der Waals surface area contributed by atoms with Crippen LogP contribution in [0.1, 0.15) is 0 Å². The molecule has 0 aromatic carbocycles. The first-order valence-corrected chi connectivity index (χ1v) is 5.48. The molecule has 1 aliphatic heterocycles. The van der Waals surface area contributed by atoms with Gasteiger partial charge in [-0.25, -0.2) is 20.8 Å². The van der Waals surface area contributed by atoms with Gasteiger partial charge in [-0.05, 0) is 7.05 Å². The second kappa shape index (κ2) is 5.13. The molecule has 1 aromatic heterocycles. The highest BCUT2D eigenvalue weighted by atomic mass is 15.5. The van der Waals surface area contributed by atoms with Crippen LogP contribution in [0.3, 0.4) is 0 Å². The second-order valence-electron chi connectivity index (χ2n) is 4.03. The molecular weight excluding hydrogens is 220 g/mol. The number of nitrogens with zero attached hydrogens (tertiary/aromatic N) is 4. The third kappa shape index (κ3) is 2.73. The van der Waals surface area contributed by atoms with Crippen molar-refractivity contribution in [3.8, 4) is 0 Å². The molecule has 1 fully saturated rings. The van der Waals surface area contributed by atoms with Crippen molar-refractivity contribution in [2.45, 2.75) is 0 Å². The fourth-order valence-electron chi connectivity index (χ4n) is 1.67. The Morgan fingerprint density at radius 2 is 1.82 bits per heavy atom. The van der Waals surface area contributed by atoms with Gasteiger partial charge in [0.2, 0.25) is 0 Å². The number of hydrazine groups is 2. The molecule has 0 spiro atoms. The Morgan fingerprint density at radius 1 is 1.18 bits per heavy atom. The van der Waals surface area contributed by atoms with E-state index in [1.54, 1.807) is 0 Å². The molecule has 94 valence electrons. The van der Waals surface area contributed by atoms with Gasteiger partial charge in [0.05, 0.1) is 0 Å². The monoisotopic (exact) mass is 238 g/mol. The lowest BCUT2D eigenvalue weighted by atomic mass is 10.4. The summed E-state index contributed by atoms with van der Waals surface area (Å²) in [4.78, 5) is 10.3. The van der Waals surface area contributed by atoms with Gasteiger partial charge in [-0.3, -0.25) is 0 Å². The van der Waals surface area contributed by atoms with E-state index >= 15 is 0 Å². The Morgan fingerprint density at radius 3 is 2.47 bits per heavy atom. The Kier molecular flexibility index (Phi) is 3.57. The van der Waals surface area contributed by atoms with Crippen LogP contribution >= 0.6 is 0 Å². The van der Waals surface area contributed by atoms with Crippen molar-refractivity contribution in [3.05, 3.63) is 6.33 Å². The van der Waals surface area contributed by atoms with Gasteiger partial charge in [-0.1, -0.05) is 0 Å². The summed E-state index contributed by atoms with van der Waals surface area (Å²) in [5, 5.41) is 2.08. The number of rotatable bonds is 3. The first-order chi connectivity index (χ1) is 8.20. The molecule has 1 saturated heterocycles. The van der Waals surface area contributed by atoms with E-state index in [0.717, 1.165) is 26.2 Å². The molecule has 8 nitrogen and oxygen atoms in total. The summed E-state index contributed by atoms with van der Waals surface area (Å²) >= 11 is 0. The Hall–Kier alpha value is -1.64. The fourth-order valence-corrected chi connectivity index (χ4v) is 1.67. The molecular formula is C9H18N8. The van der Waals surface area contributed by atoms with Crippen LogP contribution in [0.15, 0.2) is 6.33 Å². The molecule has 0 unspecified atom stereocenters. The maximum atomic E-state index is 5.87. The molecule has 0 saturated carbocycles. The third-order valence-corrected chi connectivity index (χ3v) is 2.79. The molecule has 0 atom stereocenters. The molecule has 1 aliphatic rings. The smallest absolute Gasteiger partial charge is 0.169 e. The minimum atomic E-state index is 0.425. The highest BCUT2D eigenvalue weighted by Crippen LogP contribution is 2.21. The number of nitrogen functional groups attached to an aromatic ring is 2. The van der Waals surface area contributed by atoms with Crippen molar-refractivity contribution in [3.63, 3.8) is 0 Å². The van der Waals surface area contributed by atoms with Crippen molar-refractivity contribution >= 4 is 17.3 Å². The summed E-state index contributed by atoms with van der Waals surface area (Å²) in [6.45, 7) is 3.87. The number of hydrogen-bond acceptors (Lipinski definition) is 8. The molecule has 17 heavy (non-hydrogen) atoms. The lowest BCUT2D eigenvalue weighted by Crippen LogP contribution is -2.47. The van der Waals surface area contributed by atoms with Crippen LogP contribution < -0.4 is 22.4 Å². The first-order valence-electron chi connectivity index (χ1n) is 5.48. The van der Waals surface area contributed by atoms with Crippen LogP contribution in [0.4, 0.5) is 17.3 Å². The van der Waals surface area contributed by atoms with Crippen LogP contribution in [0.5, 0.6) is 0 Å². The normalized spacial score (nSPS) is 18.0. The number of piperazine rings is 1. The van der Waals surface area contributed by atoms with Crippen LogP contribution in [-0.2, 0) is 0 Å². The molecule has 8 heteroatoms. The quantitative estimate of drug-likeness (QED) is 0.389. The summed E-state index contributed by atoms with van der Waals surface area (Å²) in [6.07, 6.45) is 1.42. The zero-order chi connectivity index (χ0) is 12.3. The number of anilines is 3. The topological polar surface area (TPSA) is 108 Å². The molecule has 2 rings (SSSR count). The molecule has 6 N–H and O–H groups in total. The Bertz CT molecular complexity index is 373. The average molecular weight is 238 g/mol. The zero-order valence-electron chi connectivity index (χ0n) is 9.85. The minimum Gasteiger partial charge on any atom is -0.393 e. The zero-order valence-corrected chi connectivity index (χ0v) is 9.85. The van der Waals surface area contributed by atoms with Gasteiger partial charge in [0.1, 0.15) is 12.0 Å². The summed E-state index contributed by atoms with van der Waals surface area (Å²) in [5.41, 5.74) is 11.9. The molecule has 2 heterocycles. The summed E-state index contributed by atoms with van der Waals surface area (Å²) in [7, 11) is 2.10. The van der Waals surface area contributed by atoms with E-state index < -0.39 is 0 Å². The van der Waals surface area contributed by atoms with Crippen LogP contribution in [-0.4, -0.2) is 53.1 Å². The van der Waals surface area contributed by atoms with Crippen LogP contribution in [0, 0.1) is 0 Å². The van der Waals surface area contributed by atoms with E-state index in [-0.39, 0.29) is 0 Å². The predicted molar refractivity (Wildman–Crippen MR) is 66.9 cm³/mol. The first kappa shape index (κ1) is 11.8. The van der Waals surface area contributed by atoms with Gasteiger partial charge < -0.3 is 21.5 Å². The van der Waals surface area contributed by atoms with E-state index in [1.165, 1.54) is 6.33 Å². The number of hydrogen-bond donors (Lipinski definition) is 4. The fraction of sp³-hybridized carbons (Fsp3) is 0.556. The van der Waals surface area contributed by atoms with Crippen molar-refractivity contribution in [2.24, 2.45) is 5.84 Å². The largest absolute Gasteiger partial charge is 0.393 e. The third-order valence-electron chi connectivity index (χ3n) is 2.79. The number of nitrogens with two attached hydrogens (primary N) is 2. The van der Waals surface area contributed by atoms with Gasteiger partial charge in [0.15, 0.2) is 11.6 Å². The van der Waals surface area contributed by atoms with Gasteiger partial charge in [0.25, 0.3) is 0 Å². The number of likely N-dealkylation sites (N-methyl/N-ethyl adjacent to an activating group) is 1. The van der Waals surface area contributed by atoms with Gasteiger partial charge in [0, 0.05) is 26.2 Å². The highest BCUT2D eigenvalue weighted by molar-refractivity contribution is 5.73. The van der Waals surface area contributed by atoms with E-state index in [9.17, 15) is 0 Å². The van der Waals surface area contributed by atoms with Crippen molar-refractivity contribution in [2.75, 3.05) is 49.8 Å². The lowest BCUT2D eigenvalue weighted by Gasteiger charge is -2.32.